The van der Waals surface area contributed by atoms with E-state index >= 15 is 0 Å². The number of anilines is 1. The summed E-state index contributed by atoms with van der Waals surface area (Å²) in [5.41, 5.74) is 1.55. The van der Waals surface area contributed by atoms with Gasteiger partial charge in [0, 0.05) is 29.9 Å². The summed E-state index contributed by atoms with van der Waals surface area (Å²) in [5.74, 6) is 1.16. The minimum Gasteiger partial charge on any atom is -0.351 e. The van der Waals surface area contributed by atoms with Crippen molar-refractivity contribution in [1.29, 1.82) is 0 Å². The van der Waals surface area contributed by atoms with Gasteiger partial charge in [0.25, 0.3) is 0 Å². The molecule has 2 rings (SSSR count). The summed E-state index contributed by atoms with van der Waals surface area (Å²) in [6.07, 6.45) is 4.42. The van der Waals surface area contributed by atoms with Crippen LogP contribution in [0.5, 0.6) is 0 Å². The highest BCUT2D eigenvalue weighted by Gasteiger charge is 2.34. The molecule has 3 nitrogen and oxygen atoms in total. The average molecular weight is 247 g/mol. The number of nitrogens with one attached hydrogen (secondary N) is 1. The molecule has 0 spiro atoms. The predicted octanol–water partition coefficient (Wildman–Crippen LogP) is 3.13. The number of hydrogen-bond donors (Lipinski definition) is 1. The first kappa shape index (κ1) is 13.3. The Morgan fingerprint density at radius 2 is 2.28 bits per heavy atom. The van der Waals surface area contributed by atoms with Crippen LogP contribution in [-0.2, 0) is 0 Å². The van der Waals surface area contributed by atoms with E-state index in [-0.39, 0.29) is 5.54 Å². The lowest BCUT2D eigenvalue weighted by Crippen LogP contribution is -2.39. The second-order valence-electron chi connectivity index (χ2n) is 5.76. The third-order valence-corrected chi connectivity index (χ3v) is 3.95. The van der Waals surface area contributed by atoms with Crippen molar-refractivity contribution in [2.45, 2.75) is 52.1 Å². The quantitative estimate of drug-likeness (QED) is 0.886. The van der Waals surface area contributed by atoms with Gasteiger partial charge in [-0.05, 0) is 46.2 Å². The minimum absolute atomic E-state index is 0.231. The molecule has 0 bridgehead atoms. The lowest BCUT2D eigenvalue weighted by atomic mass is 10.0. The Morgan fingerprint density at radius 3 is 2.89 bits per heavy atom. The van der Waals surface area contributed by atoms with Crippen molar-refractivity contribution in [3.63, 3.8) is 0 Å². The molecular formula is C15H25N3. The lowest BCUT2D eigenvalue weighted by molar-refractivity contribution is 0.508. The van der Waals surface area contributed by atoms with Gasteiger partial charge in [-0.2, -0.15) is 0 Å². The number of hydrogen-bond acceptors (Lipinski definition) is 3. The molecule has 1 saturated heterocycles. The highest BCUT2D eigenvalue weighted by molar-refractivity contribution is 5.51. The average Bonchev–Trinajstić information content (AvgIpc) is 2.69. The van der Waals surface area contributed by atoms with Crippen LogP contribution >= 0.6 is 0 Å². The molecule has 1 N–H and O–H groups in total. The van der Waals surface area contributed by atoms with Crippen LogP contribution in [0.1, 0.15) is 52.1 Å². The van der Waals surface area contributed by atoms with Crippen molar-refractivity contribution >= 4 is 5.82 Å². The van der Waals surface area contributed by atoms with Crippen LogP contribution in [0.2, 0.25) is 0 Å². The second-order valence-corrected chi connectivity index (χ2v) is 5.76. The SMILES string of the molecule is CCNC(C)c1cccnc1N1CCCC1(C)C. The molecule has 0 radical (unpaired) electrons. The Morgan fingerprint density at radius 1 is 1.50 bits per heavy atom. The van der Waals surface area contributed by atoms with Crippen LogP contribution in [0.3, 0.4) is 0 Å². The number of rotatable bonds is 4. The Balaban J connectivity index is 2.33. The van der Waals surface area contributed by atoms with E-state index in [1.54, 1.807) is 0 Å². The van der Waals surface area contributed by atoms with Gasteiger partial charge in [-0.3, -0.25) is 0 Å². The highest BCUT2D eigenvalue weighted by Crippen LogP contribution is 2.35. The van der Waals surface area contributed by atoms with Crippen LogP contribution in [0.15, 0.2) is 18.3 Å². The molecule has 1 aliphatic rings. The third kappa shape index (κ3) is 2.51. The highest BCUT2D eigenvalue weighted by atomic mass is 15.3. The van der Waals surface area contributed by atoms with Gasteiger partial charge in [0.1, 0.15) is 5.82 Å². The van der Waals surface area contributed by atoms with E-state index in [1.807, 2.05) is 12.3 Å². The fraction of sp³-hybridized carbons (Fsp3) is 0.667. The smallest absolute Gasteiger partial charge is 0.133 e. The molecular weight excluding hydrogens is 222 g/mol. The summed E-state index contributed by atoms with van der Waals surface area (Å²) in [6.45, 7) is 11.1. The summed E-state index contributed by atoms with van der Waals surface area (Å²) >= 11 is 0. The Kier molecular flexibility index (Phi) is 3.91. The third-order valence-electron chi connectivity index (χ3n) is 3.95. The molecule has 100 valence electrons. The number of aromatic nitrogens is 1. The largest absolute Gasteiger partial charge is 0.351 e. The van der Waals surface area contributed by atoms with Crippen LogP contribution in [0.4, 0.5) is 5.82 Å². The summed E-state index contributed by atoms with van der Waals surface area (Å²) in [6, 6.07) is 4.59. The van der Waals surface area contributed by atoms with E-state index in [0.717, 1.165) is 18.9 Å². The molecule has 1 aromatic rings. The Bertz CT molecular complexity index is 400. The van der Waals surface area contributed by atoms with Crippen LogP contribution in [0.25, 0.3) is 0 Å². The summed E-state index contributed by atoms with van der Waals surface area (Å²) < 4.78 is 0. The molecule has 0 aromatic carbocycles. The first-order valence-electron chi connectivity index (χ1n) is 7.02. The molecule has 3 heteroatoms. The van der Waals surface area contributed by atoms with E-state index in [4.69, 9.17) is 0 Å². The monoisotopic (exact) mass is 247 g/mol. The van der Waals surface area contributed by atoms with Crippen molar-refractivity contribution in [3.8, 4) is 0 Å². The molecule has 1 aromatic heterocycles. The van der Waals surface area contributed by atoms with Gasteiger partial charge in [-0.15, -0.1) is 0 Å². The van der Waals surface area contributed by atoms with Gasteiger partial charge in [0.15, 0.2) is 0 Å². The van der Waals surface area contributed by atoms with E-state index < -0.39 is 0 Å². The van der Waals surface area contributed by atoms with E-state index in [2.05, 4.69) is 49.0 Å². The molecule has 0 amide bonds. The van der Waals surface area contributed by atoms with Crippen molar-refractivity contribution < 1.29 is 0 Å². The molecule has 18 heavy (non-hydrogen) atoms. The van der Waals surface area contributed by atoms with Crippen LogP contribution in [0, 0.1) is 0 Å². The first-order chi connectivity index (χ1) is 8.56. The van der Waals surface area contributed by atoms with Crippen molar-refractivity contribution in [2.75, 3.05) is 18.0 Å². The Labute approximate surface area is 111 Å². The molecule has 1 unspecified atom stereocenters. The zero-order valence-electron chi connectivity index (χ0n) is 12.0. The minimum atomic E-state index is 0.231. The lowest BCUT2D eigenvalue weighted by Gasteiger charge is -2.35. The summed E-state index contributed by atoms with van der Waals surface area (Å²) in [7, 11) is 0. The van der Waals surface area contributed by atoms with Crippen molar-refractivity contribution in [3.05, 3.63) is 23.9 Å². The van der Waals surface area contributed by atoms with Gasteiger partial charge in [-0.25, -0.2) is 4.98 Å². The van der Waals surface area contributed by atoms with E-state index in [0.29, 0.717) is 6.04 Å². The molecule has 1 aliphatic heterocycles. The molecule has 1 fully saturated rings. The van der Waals surface area contributed by atoms with Gasteiger partial charge in [0.2, 0.25) is 0 Å². The normalized spacial score (nSPS) is 20.1. The van der Waals surface area contributed by atoms with Gasteiger partial charge >= 0.3 is 0 Å². The maximum absolute atomic E-state index is 4.65. The second kappa shape index (κ2) is 5.27. The predicted molar refractivity (Wildman–Crippen MR) is 77.0 cm³/mol. The van der Waals surface area contributed by atoms with Crippen LogP contribution in [-0.4, -0.2) is 23.6 Å². The standard InChI is InChI=1S/C15H25N3/c1-5-16-12(2)13-8-6-10-17-14(13)18-11-7-9-15(18,3)4/h6,8,10,12,16H,5,7,9,11H2,1-4H3. The molecule has 0 aliphatic carbocycles. The van der Waals surface area contributed by atoms with Gasteiger partial charge in [0.05, 0.1) is 0 Å². The zero-order chi connectivity index (χ0) is 13.2. The maximum atomic E-state index is 4.65. The number of pyridine rings is 1. The summed E-state index contributed by atoms with van der Waals surface area (Å²) in [5, 5.41) is 3.49. The summed E-state index contributed by atoms with van der Waals surface area (Å²) in [4.78, 5) is 7.11. The maximum Gasteiger partial charge on any atom is 0.133 e. The molecule has 1 atom stereocenters. The van der Waals surface area contributed by atoms with Crippen molar-refractivity contribution in [1.82, 2.24) is 10.3 Å². The Hall–Kier alpha value is -1.09. The van der Waals surface area contributed by atoms with Crippen molar-refractivity contribution in [2.24, 2.45) is 0 Å². The number of nitrogens with zero attached hydrogens (tertiary/aromatic N) is 2. The van der Waals surface area contributed by atoms with E-state index in [9.17, 15) is 0 Å². The fourth-order valence-electron chi connectivity index (χ4n) is 2.89. The molecule has 0 saturated carbocycles. The first-order valence-corrected chi connectivity index (χ1v) is 7.02. The van der Waals surface area contributed by atoms with Crippen LogP contribution < -0.4 is 10.2 Å². The topological polar surface area (TPSA) is 28.2 Å². The van der Waals surface area contributed by atoms with E-state index in [1.165, 1.54) is 18.4 Å². The zero-order valence-corrected chi connectivity index (χ0v) is 12.0. The fourth-order valence-corrected chi connectivity index (χ4v) is 2.89. The van der Waals surface area contributed by atoms with Gasteiger partial charge in [-0.1, -0.05) is 13.0 Å². The van der Waals surface area contributed by atoms with Gasteiger partial charge < -0.3 is 10.2 Å². The molecule has 2 heterocycles.